The number of nitrogens with zero attached hydrogens (tertiary/aromatic N) is 3. The molecule has 9 heteroatoms. The molecule has 8 nitrogen and oxygen atoms in total. The standard InChI is InChI=1S/C16H12N4O4S/c21-16-18-12-6-5-10(9-14(12)24-16)25(22,23)20-8-7-19-13-4-2-1-3-11(13)17-15(19)20/h1-6,9H,7-8H2,(H,18,21). The Kier molecular flexibility index (Phi) is 2.70. The molecule has 0 bridgehead atoms. The van der Waals surface area contributed by atoms with Crippen molar-refractivity contribution in [3.8, 4) is 0 Å². The van der Waals surface area contributed by atoms with Crippen LogP contribution in [-0.4, -0.2) is 29.5 Å². The van der Waals surface area contributed by atoms with Gasteiger partial charge in [0.1, 0.15) is 0 Å². The van der Waals surface area contributed by atoms with Gasteiger partial charge >= 0.3 is 5.76 Å². The second-order valence-electron chi connectivity index (χ2n) is 5.80. The summed E-state index contributed by atoms with van der Waals surface area (Å²) in [5.74, 6) is -0.218. The third kappa shape index (κ3) is 1.96. The first kappa shape index (κ1) is 14.3. The fourth-order valence-corrected chi connectivity index (χ4v) is 4.63. The van der Waals surface area contributed by atoms with E-state index in [0.29, 0.717) is 24.6 Å². The number of fused-ring (bicyclic) bond motifs is 4. The van der Waals surface area contributed by atoms with Crippen molar-refractivity contribution in [2.75, 3.05) is 10.8 Å². The van der Waals surface area contributed by atoms with Crippen molar-refractivity contribution >= 4 is 38.1 Å². The van der Waals surface area contributed by atoms with Crippen LogP contribution in [0.5, 0.6) is 0 Å². The molecule has 3 heterocycles. The topological polar surface area (TPSA) is 101 Å². The Bertz CT molecular complexity index is 1300. The van der Waals surface area contributed by atoms with E-state index in [1.807, 2.05) is 28.8 Å². The minimum Gasteiger partial charge on any atom is -0.408 e. The molecule has 2 aromatic heterocycles. The Morgan fingerprint density at radius 3 is 2.84 bits per heavy atom. The van der Waals surface area contributed by atoms with Gasteiger partial charge in [-0.2, -0.15) is 0 Å². The van der Waals surface area contributed by atoms with Crippen molar-refractivity contribution in [3.63, 3.8) is 0 Å². The molecule has 1 aliphatic rings. The fraction of sp³-hybridized carbons (Fsp3) is 0.125. The van der Waals surface area contributed by atoms with Crippen LogP contribution in [0.4, 0.5) is 5.95 Å². The summed E-state index contributed by atoms with van der Waals surface area (Å²) in [6, 6.07) is 11.9. The lowest BCUT2D eigenvalue weighted by Gasteiger charge is -2.16. The van der Waals surface area contributed by atoms with Gasteiger partial charge in [-0.3, -0.25) is 4.98 Å². The predicted molar refractivity (Wildman–Crippen MR) is 91.1 cm³/mol. The van der Waals surface area contributed by atoms with E-state index < -0.39 is 15.8 Å². The Morgan fingerprint density at radius 2 is 1.96 bits per heavy atom. The number of rotatable bonds is 2. The minimum absolute atomic E-state index is 0.0586. The van der Waals surface area contributed by atoms with Crippen LogP contribution in [0.25, 0.3) is 22.1 Å². The molecule has 0 fully saturated rings. The molecule has 1 aliphatic heterocycles. The van der Waals surface area contributed by atoms with Crippen LogP contribution in [0.2, 0.25) is 0 Å². The van der Waals surface area contributed by atoms with Crippen LogP contribution in [0.1, 0.15) is 0 Å². The molecule has 0 radical (unpaired) electrons. The summed E-state index contributed by atoms with van der Waals surface area (Å²) >= 11 is 0. The van der Waals surface area contributed by atoms with Crippen molar-refractivity contribution in [3.05, 3.63) is 53.0 Å². The molecule has 0 atom stereocenters. The molecule has 0 saturated carbocycles. The number of hydrogen-bond donors (Lipinski definition) is 1. The molecule has 4 aromatic rings. The number of para-hydroxylation sites is 2. The molecular weight excluding hydrogens is 344 g/mol. The third-order valence-corrected chi connectivity index (χ3v) is 6.14. The maximum absolute atomic E-state index is 13.1. The molecule has 2 aromatic carbocycles. The van der Waals surface area contributed by atoms with Gasteiger partial charge in [-0.15, -0.1) is 0 Å². The summed E-state index contributed by atoms with van der Waals surface area (Å²) in [5.41, 5.74) is 2.32. The highest BCUT2D eigenvalue weighted by Gasteiger charge is 2.34. The predicted octanol–water partition coefficient (Wildman–Crippen LogP) is 1.68. The number of aromatic amines is 1. The number of H-pyrrole nitrogens is 1. The van der Waals surface area contributed by atoms with Gasteiger partial charge in [0.05, 0.1) is 28.0 Å². The quantitative estimate of drug-likeness (QED) is 0.589. The van der Waals surface area contributed by atoms with E-state index in [-0.39, 0.29) is 10.5 Å². The van der Waals surface area contributed by atoms with Crippen LogP contribution in [-0.2, 0) is 16.6 Å². The average Bonchev–Trinajstić information content (AvgIpc) is 3.25. The van der Waals surface area contributed by atoms with Gasteiger partial charge in [0.25, 0.3) is 10.0 Å². The van der Waals surface area contributed by atoms with Crippen LogP contribution >= 0.6 is 0 Å². The summed E-state index contributed by atoms with van der Waals surface area (Å²) in [7, 11) is -3.81. The minimum atomic E-state index is -3.81. The van der Waals surface area contributed by atoms with Gasteiger partial charge in [-0.1, -0.05) is 12.1 Å². The van der Waals surface area contributed by atoms with Crippen LogP contribution in [0.3, 0.4) is 0 Å². The Labute approximate surface area is 141 Å². The largest absolute Gasteiger partial charge is 0.417 e. The van der Waals surface area contributed by atoms with Gasteiger partial charge in [0.2, 0.25) is 5.95 Å². The van der Waals surface area contributed by atoms with Gasteiger partial charge in [0, 0.05) is 12.6 Å². The lowest BCUT2D eigenvalue weighted by Crippen LogP contribution is -2.29. The van der Waals surface area contributed by atoms with Crippen molar-refractivity contribution < 1.29 is 12.8 Å². The van der Waals surface area contributed by atoms with E-state index in [0.717, 1.165) is 11.0 Å². The fourth-order valence-electron chi connectivity index (χ4n) is 3.21. The van der Waals surface area contributed by atoms with Crippen molar-refractivity contribution in [2.24, 2.45) is 0 Å². The zero-order valence-corrected chi connectivity index (χ0v) is 13.7. The van der Waals surface area contributed by atoms with Crippen LogP contribution in [0.15, 0.2) is 56.6 Å². The molecule has 1 N–H and O–H groups in total. The van der Waals surface area contributed by atoms with Crippen molar-refractivity contribution in [1.82, 2.24) is 14.5 Å². The number of hydrogen-bond acceptors (Lipinski definition) is 5. The molecule has 0 amide bonds. The van der Waals surface area contributed by atoms with Gasteiger partial charge in [-0.25, -0.2) is 22.5 Å². The van der Waals surface area contributed by atoms with E-state index in [1.54, 1.807) is 0 Å². The zero-order valence-electron chi connectivity index (χ0n) is 12.8. The summed E-state index contributed by atoms with van der Waals surface area (Å²) in [6.45, 7) is 0.848. The maximum atomic E-state index is 13.1. The number of anilines is 1. The first-order valence-corrected chi connectivity index (χ1v) is 9.09. The normalized spacial score (nSPS) is 14.5. The highest BCUT2D eigenvalue weighted by atomic mass is 32.2. The number of sulfonamides is 1. The number of oxazole rings is 1. The molecule has 0 unspecified atom stereocenters. The average molecular weight is 356 g/mol. The summed E-state index contributed by atoms with van der Waals surface area (Å²) < 4.78 is 34.3. The molecular formula is C16H12N4O4S. The molecule has 0 aliphatic carbocycles. The second-order valence-corrected chi connectivity index (χ2v) is 7.66. The zero-order chi connectivity index (χ0) is 17.2. The maximum Gasteiger partial charge on any atom is 0.417 e. The third-order valence-electron chi connectivity index (χ3n) is 4.36. The van der Waals surface area contributed by atoms with Crippen LogP contribution < -0.4 is 10.1 Å². The van der Waals surface area contributed by atoms with Gasteiger partial charge in [-0.05, 0) is 24.3 Å². The van der Waals surface area contributed by atoms with E-state index in [1.165, 1.54) is 22.5 Å². The van der Waals surface area contributed by atoms with Crippen molar-refractivity contribution in [1.29, 1.82) is 0 Å². The number of imidazole rings is 1. The molecule has 0 spiro atoms. The highest BCUT2D eigenvalue weighted by Crippen LogP contribution is 2.32. The van der Waals surface area contributed by atoms with E-state index in [2.05, 4.69) is 9.97 Å². The number of nitrogens with one attached hydrogen (secondary N) is 1. The molecule has 0 saturated heterocycles. The van der Waals surface area contributed by atoms with E-state index >= 15 is 0 Å². The summed E-state index contributed by atoms with van der Waals surface area (Å²) in [6.07, 6.45) is 0. The van der Waals surface area contributed by atoms with Crippen molar-refractivity contribution in [2.45, 2.75) is 11.4 Å². The lowest BCUT2D eigenvalue weighted by atomic mass is 10.3. The summed E-state index contributed by atoms with van der Waals surface area (Å²) in [4.78, 5) is 18.3. The first-order chi connectivity index (χ1) is 12.0. The lowest BCUT2D eigenvalue weighted by molar-refractivity contribution is 0.554. The van der Waals surface area contributed by atoms with E-state index in [4.69, 9.17) is 4.42 Å². The molecule has 5 rings (SSSR count). The van der Waals surface area contributed by atoms with E-state index in [9.17, 15) is 13.2 Å². The number of aromatic nitrogens is 3. The SMILES string of the molecule is O=c1[nH]c2ccc(S(=O)(=O)N3CCn4c3nc3ccccc34)cc2o1. The smallest absolute Gasteiger partial charge is 0.408 e. The highest BCUT2D eigenvalue weighted by molar-refractivity contribution is 7.92. The Morgan fingerprint density at radius 1 is 1.12 bits per heavy atom. The Balaban J connectivity index is 1.66. The summed E-state index contributed by atoms with van der Waals surface area (Å²) in [5, 5.41) is 0. The van der Waals surface area contributed by atoms with Crippen LogP contribution in [0, 0.1) is 0 Å². The second kappa shape index (κ2) is 4.73. The Hall–Kier alpha value is -3.07. The molecule has 126 valence electrons. The van der Waals surface area contributed by atoms with Gasteiger partial charge < -0.3 is 8.98 Å². The monoisotopic (exact) mass is 356 g/mol. The molecule has 25 heavy (non-hydrogen) atoms. The first-order valence-electron chi connectivity index (χ1n) is 7.65. The van der Waals surface area contributed by atoms with Gasteiger partial charge in [0.15, 0.2) is 5.58 Å². The number of benzene rings is 2.